The fraction of sp³-hybridized carbons (Fsp3) is 0.389. The molecule has 0 aromatic carbocycles. The van der Waals surface area contributed by atoms with Crippen LogP contribution >= 0.6 is 23.6 Å². The zero-order valence-electron chi connectivity index (χ0n) is 14.4. The molecule has 5 nitrogen and oxygen atoms in total. The molecule has 0 radical (unpaired) electrons. The zero-order chi connectivity index (χ0) is 18.2. The van der Waals surface area contributed by atoms with Crippen LogP contribution in [0.25, 0.3) is 10.4 Å². The van der Waals surface area contributed by atoms with Crippen molar-refractivity contribution < 1.29 is 9.53 Å². The second kappa shape index (κ2) is 6.62. The first kappa shape index (κ1) is 17.6. The van der Waals surface area contributed by atoms with Crippen molar-refractivity contribution >= 4 is 29.6 Å². The Bertz CT molecular complexity index is 902. The summed E-state index contributed by atoms with van der Waals surface area (Å²) in [5.74, 6) is 0. The van der Waals surface area contributed by atoms with Crippen LogP contribution in [0.5, 0.6) is 0 Å². The Morgan fingerprint density at radius 1 is 1.48 bits per heavy atom. The van der Waals surface area contributed by atoms with Crippen molar-refractivity contribution in [2.45, 2.75) is 39.3 Å². The number of fused-ring (bicyclic) bond motifs is 1. The number of carbonyl (C=O) groups is 1. The number of nitriles is 1. The third-order valence-electron chi connectivity index (χ3n) is 3.92. The van der Waals surface area contributed by atoms with Crippen LogP contribution in [0.15, 0.2) is 17.5 Å². The van der Waals surface area contributed by atoms with Crippen molar-refractivity contribution in [2.75, 3.05) is 6.54 Å². The first-order valence-corrected chi connectivity index (χ1v) is 9.29. The number of carbonyl (C=O) groups excluding carboxylic acids is 1. The summed E-state index contributed by atoms with van der Waals surface area (Å²) in [5, 5.41) is 11.5. The van der Waals surface area contributed by atoms with Gasteiger partial charge < -0.3 is 14.6 Å². The lowest BCUT2D eigenvalue weighted by atomic mass is 9.95. The van der Waals surface area contributed by atoms with Crippen molar-refractivity contribution in [3.63, 3.8) is 0 Å². The van der Waals surface area contributed by atoms with Gasteiger partial charge in [-0.05, 0) is 44.2 Å². The van der Waals surface area contributed by atoms with Gasteiger partial charge in [0.05, 0.1) is 12.1 Å². The molecule has 0 spiro atoms. The molecule has 0 aliphatic carbocycles. The molecule has 25 heavy (non-hydrogen) atoms. The molecule has 7 heteroatoms. The number of amides is 1. The van der Waals surface area contributed by atoms with Crippen molar-refractivity contribution in [1.29, 1.82) is 5.26 Å². The quantitative estimate of drug-likeness (QED) is 0.740. The highest BCUT2D eigenvalue weighted by molar-refractivity contribution is 7.71. The van der Waals surface area contributed by atoms with Crippen molar-refractivity contribution in [3.8, 4) is 16.5 Å². The van der Waals surface area contributed by atoms with Gasteiger partial charge in [-0.3, -0.25) is 0 Å². The fourth-order valence-corrected chi connectivity index (χ4v) is 3.97. The van der Waals surface area contributed by atoms with Crippen LogP contribution in [0.1, 0.15) is 37.6 Å². The molecule has 0 bridgehead atoms. The average Bonchev–Trinajstić information content (AvgIpc) is 3.05. The third kappa shape index (κ3) is 3.60. The highest BCUT2D eigenvalue weighted by atomic mass is 32.1. The topological polar surface area (TPSA) is 69.1 Å². The summed E-state index contributed by atoms with van der Waals surface area (Å²) in [7, 11) is 0. The predicted molar refractivity (Wildman–Crippen MR) is 100 cm³/mol. The van der Waals surface area contributed by atoms with Gasteiger partial charge in [0.2, 0.25) is 0 Å². The van der Waals surface area contributed by atoms with Gasteiger partial charge in [-0.2, -0.15) is 5.26 Å². The fourth-order valence-electron chi connectivity index (χ4n) is 2.90. The lowest BCUT2D eigenvalue weighted by molar-refractivity contribution is 0.0221. The van der Waals surface area contributed by atoms with E-state index in [1.165, 1.54) is 0 Å². The highest BCUT2D eigenvalue weighted by Gasteiger charge is 2.29. The standard InChI is InChI=1S/C18H19N3O2S2/c1-18(2,3)23-17(22)21-7-6-11-13(10-21)20-16(24)12(9-19)15(11)14-5-4-8-25-14/h4-5,8H,6-7,10H2,1-3H3,(H,20,24). The maximum Gasteiger partial charge on any atom is 0.410 e. The minimum atomic E-state index is -0.531. The minimum absolute atomic E-state index is 0.334. The van der Waals surface area contributed by atoms with Crippen LogP contribution in [0, 0.1) is 16.0 Å². The van der Waals surface area contributed by atoms with Crippen LogP contribution in [0.4, 0.5) is 4.79 Å². The molecule has 2 aromatic rings. The maximum absolute atomic E-state index is 12.4. The van der Waals surface area contributed by atoms with Crippen molar-refractivity contribution in [1.82, 2.24) is 9.88 Å². The largest absolute Gasteiger partial charge is 0.444 e. The monoisotopic (exact) mass is 373 g/mol. The SMILES string of the molecule is CC(C)(C)OC(=O)N1CCc2c([nH]c(=S)c(C#N)c2-c2cccs2)C1. The molecule has 1 aliphatic rings. The smallest absolute Gasteiger partial charge is 0.410 e. The number of nitrogens with zero attached hydrogens (tertiary/aromatic N) is 2. The number of ether oxygens (including phenoxy) is 1. The van der Waals surface area contributed by atoms with E-state index in [1.54, 1.807) is 16.2 Å². The van der Waals surface area contributed by atoms with E-state index in [1.807, 2.05) is 38.3 Å². The van der Waals surface area contributed by atoms with Gasteiger partial charge in [-0.15, -0.1) is 11.3 Å². The summed E-state index contributed by atoms with van der Waals surface area (Å²) in [6.45, 7) is 6.51. The number of H-pyrrole nitrogens is 1. The van der Waals surface area contributed by atoms with Crippen LogP contribution in [0.2, 0.25) is 0 Å². The summed E-state index contributed by atoms with van der Waals surface area (Å²) < 4.78 is 5.88. The van der Waals surface area contributed by atoms with Crippen molar-refractivity contribution in [2.24, 2.45) is 0 Å². The molecule has 130 valence electrons. The van der Waals surface area contributed by atoms with Gasteiger partial charge in [0.15, 0.2) is 0 Å². The van der Waals surface area contributed by atoms with Gasteiger partial charge in [0.25, 0.3) is 0 Å². The second-order valence-corrected chi connectivity index (χ2v) is 8.26. The third-order valence-corrected chi connectivity index (χ3v) is 5.11. The lowest BCUT2D eigenvalue weighted by Gasteiger charge is -2.32. The number of aromatic amines is 1. The predicted octanol–water partition coefficient (Wildman–Crippen LogP) is 4.64. The molecule has 1 amide bonds. The highest BCUT2D eigenvalue weighted by Crippen LogP contribution is 2.35. The summed E-state index contributed by atoms with van der Waals surface area (Å²) in [6, 6.07) is 6.19. The Kier molecular flexibility index (Phi) is 4.67. The summed E-state index contributed by atoms with van der Waals surface area (Å²) in [4.78, 5) is 18.2. The van der Waals surface area contributed by atoms with E-state index in [2.05, 4.69) is 11.1 Å². The van der Waals surface area contributed by atoms with E-state index in [-0.39, 0.29) is 6.09 Å². The Labute approximate surface area is 155 Å². The molecule has 0 atom stereocenters. The Morgan fingerprint density at radius 3 is 2.84 bits per heavy atom. The molecule has 2 aromatic heterocycles. The number of rotatable bonds is 1. The van der Waals surface area contributed by atoms with Crippen molar-refractivity contribution in [3.05, 3.63) is 39.0 Å². The van der Waals surface area contributed by atoms with Gasteiger partial charge in [-0.25, -0.2) is 4.79 Å². The lowest BCUT2D eigenvalue weighted by Crippen LogP contribution is -2.40. The maximum atomic E-state index is 12.4. The number of pyridine rings is 1. The minimum Gasteiger partial charge on any atom is -0.444 e. The number of thiophene rings is 1. The summed E-state index contributed by atoms with van der Waals surface area (Å²) in [5.41, 5.74) is 2.82. The molecule has 1 N–H and O–H groups in total. The van der Waals surface area contributed by atoms with E-state index in [0.29, 0.717) is 29.7 Å². The molecule has 0 saturated carbocycles. The molecule has 1 aliphatic heterocycles. The number of nitrogens with one attached hydrogen (secondary N) is 1. The first-order chi connectivity index (χ1) is 11.8. The Morgan fingerprint density at radius 2 is 2.24 bits per heavy atom. The normalized spacial score (nSPS) is 13.9. The zero-order valence-corrected chi connectivity index (χ0v) is 16.0. The Balaban J connectivity index is 2.01. The molecule has 3 heterocycles. The first-order valence-electron chi connectivity index (χ1n) is 8.00. The van der Waals surface area contributed by atoms with Gasteiger partial charge in [0.1, 0.15) is 16.3 Å². The number of aromatic nitrogens is 1. The van der Waals surface area contributed by atoms with E-state index in [9.17, 15) is 10.1 Å². The van der Waals surface area contributed by atoms with Gasteiger partial charge >= 0.3 is 6.09 Å². The van der Waals surface area contributed by atoms with Gasteiger partial charge in [0, 0.05) is 22.7 Å². The van der Waals surface area contributed by atoms with Crippen LogP contribution in [0.3, 0.4) is 0 Å². The van der Waals surface area contributed by atoms with E-state index < -0.39 is 5.60 Å². The molecular formula is C18H19N3O2S2. The second-order valence-electron chi connectivity index (χ2n) is 6.90. The van der Waals surface area contributed by atoms with Crippen LogP contribution in [-0.2, 0) is 17.7 Å². The molecular weight excluding hydrogens is 354 g/mol. The molecule has 0 unspecified atom stereocenters. The van der Waals surface area contributed by atoms with Gasteiger partial charge in [-0.1, -0.05) is 18.3 Å². The summed E-state index contributed by atoms with van der Waals surface area (Å²) in [6.07, 6.45) is 0.322. The molecule has 0 saturated heterocycles. The van der Waals surface area contributed by atoms with Crippen LogP contribution < -0.4 is 0 Å². The molecule has 0 fully saturated rings. The average molecular weight is 374 g/mol. The number of hydrogen-bond donors (Lipinski definition) is 1. The molecule has 3 rings (SSSR count). The number of hydrogen-bond acceptors (Lipinski definition) is 5. The van der Waals surface area contributed by atoms with E-state index >= 15 is 0 Å². The summed E-state index contributed by atoms with van der Waals surface area (Å²) >= 11 is 6.97. The van der Waals surface area contributed by atoms with E-state index in [0.717, 1.165) is 21.7 Å². The van der Waals surface area contributed by atoms with Crippen LogP contribution in [-0.4, -0.2) is 28.1 Å². The van der Waals surface area contributed by atoms with E-state index in [4.69, 9.17) is 17.0 Å². The Hall–Kier alpha value is -2.17.